The number of aromatic amines is 1. The van der Waals surface area contributed by atoms with Crippen LogP contribution in [-0.4, -0.2) is 21.3 Å². The molecule has 0 amide bonds. The monoisotopic (exact) mass is 325 g/mol. The molecule has 1 spiro atoms. The highest BCUT2D eigenvalue weighted by Gasteiger charge is 2.40. The first-order valence-electron chi connectivity index (χ1n) is 9.02. The van der Waals surface area contributed by atoms with E-state index in [0.717, 1.165) is 30.1 Å². The molecule has 0 atom stereocenters. The number of fused-ring (bicyclic) bond motifs is 1. The van der Waals surface area contributed by atoms with E-state index >= 15 is 0 Å². The lowest BCUT2D eigenvalue weighted by atomic mass is 9.79. The number of rotatable bonds is 2. The summed E-state index contributed by atoms with van der Waals surface area (Å²) >= 11 is 0. The van der Waals surface area contributed by atoms with Gasteiger partial charge >= 0.3 is 0 Å². The lowest BCUT2D eigenvalue weighted by molar-refractivity contribution is 0.403. The minimum Gasteiger partial charge on any atom is -0.371 e. The Bertz CT molecular complexity index is 669. The van der Waals surface area contributed by atoms with Crippen molar-refractivity contribution in [1.82, 2.24) is 9.97 Å². The molecule has 1 saturated carbocycles. The number of para-hydroxylation sites is 2. The van der Waals surface area contributed by atoms with Crippen LogP contribution in [0.5, 0.6) is 0 Å². The van der Waals surface area contributed by atoms with Gasteiger partial charge in [0.05, 0.1) is 35.5 Å². The molecule has 1 aliphatic carbocycles. The van der Waals surface area contributed by atoms with E-state index in [1.165, 1.54) is 24.9 Å². The average Bonchev–Trinajstić information content (AvgIpc) is 3.16. The Labute approximate surface area is 144 Å². The molecule has 4 rings (SSSR count). The summed E-state index contributed by atoms with van der Waals surface area (Å²) in [6, 6.07) is 8.38. The van der Waals surface area contributed by atoms with Crippen molar-refractivity contribution in [2.75, 3.05) is 10.6 Å². The van der Waals surface area contributed by atoms with E-state index in [-0.39, 0.29) is 5.54 Å². The Balaban J connectivity index is 0.000000815. The second kappa shape index (κ2) is 7.51. The summed E-state index contributed by atoms with van der Waals surface area (Å²) in [6.45, 7) is 4.63. The summed E-state index contributed by atoms with van der Waals surface area (Å²) in [4.78, 5) is 12.1. The molecule has 1 aliphatic heterocycles. The fourth-order valence-electron chi connectivity index (χ4n) is 3.51. The summed E-state index contributed by atoms with van der Waals surface area (Å²) < 4.78 is 0. The summed E-state index contributed by atoms with van der Waals surface area (Å²) in [6.07, 6.45) is 9.63. The molecule has 0 unspecified atom stereocenters. The van der Waals surface area contributed by atoms with Crippen LogP contribution in [-0.2, 0) is 6.54 Å². The topological polar surface area (TPSA) is 65.1 Å². The number of aliphatic imine (C=N–C) groups is 1. The third kappa shape index (κ3) is 3.30. The first-order chi connectivity index (χ1) is 11.9. The number of imidazole rings is 1. The van der Waals surface area contributed by atoms with Gasteiger partial charge in [-0.05, 0) is 25.0 Å². The lowest BCUT2D eigenvalue weighted by Crippen LogP contribution is -2.53. The van der Waals surface area contributed by atoms with Gasteiger partial charge in [0.25, 0.3) is 0 Å². The first kappa shape index (κ1) is 16.6. The normalized spacial score (nSPS) is 19.7. The van der Waals surface area contributed by atoms with Crippen LogP contribution in [0.2, 0.25) is 0 Å². The average molecular weight is 325 g/mol. The first-order valence-corrected chi connectivity index (χ1v) is 9.02. The second-order valence-electron chi connectivity index (χ2n) is 6.18. The van der Waals surface area contributed by atoms with Crippen molar-refractivity contribution in [3.8, 4) is 0 Å². The maximum atomic E-state index is 4.87. The van der Waals surface area contributed by atoms with Crippen molar-refractivity contribution in [2.45, 2.75) is 58.0 Å². The van der Waals surface area contributed by atoms with E-state index in [1.807, 2.05) is 20.0 Å². The van der Waals surface area contributed by atoms with E-state index in [2.05, 4.69) is 44.9 Å². The standard InChI is InChI=1S/C17H21N5.C2H6/c1-4-8-17(9-5-1)16(19-11-13-10-18-12-20-13)21-14-6-2-3-7-15(14)22-17;1-2/h2-3,6-7,10,12,22H,1,4-5,8-9,11H2,(H,18,20)(H,19,21);1-2H3. The quantitative estimate of drug-likeness (QED) is 0.757. The predicted molar refractivity (Wildman–Crippen MR) is 101 cm³/mol. The maximum absolute atomic E-state index is 4.87. The van der Waals surface area contributed by atoms with Gasteiger partial charge in [-0.25, -0.2) is 4.98 Å². The molecular formula is C19H27N5. The van der Waals surface area contributed by atoms with Crippen molar-refractivity contribution < 1.29 is 0 Å². The zero-order valence-corrected chi connectivity index (χ0v) is 14.6. The van der Waals surface area contributed by atoms with E-state index in [4.69, 9.17) is 4.99 Å². The van der Waals surface area contributed by atoms with E-state index in [0.29, 0.717) is 6.54 Å². The van der Waals surface area contributed by atoms with Crippen molar-refractivity contribution in [2.24, 2.45) is 4.99 Å². The lowest BCUT2D eigenvalue weighted by Gasteiger charge is -2.44. The van der Waals surface area contributed by atoms with E-state index < -0.39 is 0 Å². The fraction of sp³-hybridized carbons (Fsp3) is 0.474. The maximum Gasteiger partial charge on any atom is 0.127 e. The van der Waals surface area contributed by atoms with Crippen molar-refractivity contribution in [3.05, 3.63) is 42.5 Å². The number of anilines is 2. The number of H-pyrrole nitrogens is 1. The highest BCUT2D eigenvalue weighted by Crippen LogP contribution is 2.39. The molecule has 5 heteroatoms. The number of benzene rings is 1. The van der Waals surface area contributed by atoms with Gasteiger partial charge in [0.15, 0.2) is 0 Å². The molecule has 3 N–H and O–H groups in total. The third-order valence-corrected chi connectivity index (χ3v) is 4.68. The van der Waals surface area contributed by atoms with Crippen molar-refractivity contribution >= 4 is 17.2 Å². The molecule has 0 saturated heterocycles. The van der Waals surface area contributed by atoms with Crippen LogP contribution in [0.15, 0.2) is 41.8 Å². The Hall–Kier alpha value is -2.30. The minimum atomic E-state index is -0.0351. The Morgan fingerprint density at radius 1 is 1.08 bits per heavy atom. The van der Waals surface area contributed by atoms with Gasteiger partial charge in [-0.1, -0.05) is 45.2 Å². The number of hydrogen-bond donors (Lipinski definition) is 3. The highest BCUT2D eigenvalue weighted by molar-refractivity contribution is 6.09. The molecule has 2 aromatic rings. The fourth-order valence-corrected chi connectivity index (χ4v) is 3.51. The third-order valence-electron chi connectivity index (χ3n) is 4.68. The van der Waals surface area contributed by atoms with Crippen LogP contribution in [0.1, 0.15) is 51.6 Å². The Kier molecular flexibility index (Phi) is 5.18. The van der Waals surface area contributed by atoms with Gasteiger partial charge in [0, 0.05) is 6.20 Å². The Morgan fingerprint density at radius 2 is 1.83 bits per heavy atom. The number of nitrogens with one attached hydrogen (secondary N) is 3. The smallest absolute Gasteiger partial charge is 0.127 e. The van der Waals surface area contributed by atoms with Crippen LogP contribution < -0.4 is 10.6 Å². The number of hydrogen-bond acceptors (Lipinski definition) is 3. The van der Waals surface area contributed by atoms with E-state index in [9.17, 15) is 0 Å². The van der Waals surface area contributed by atoms with Gasteiger partial charge in [-0.2, -0.15) is 0 Å². The largest absolute Gasteiger partial charge is 0.371 e. The summed E-state index contributed by atoms with van der Waals surface area (Å²) in [7, 11) is 0. The number of amidine groups is 1. The minimum absolute atomic E-state index is 0.0351. The SMILES string of the molecule is CC.c1ccc2c(c1)NC(=NCc1cnc[nH]1)C1(CCCCC1)N2. The molecule has 0 bridgehead atoms. The molecule has 24 heavy (non-hydrogen) atoms. The van der Waals surface area contributed by atoms with Crippen LogP contribution in [0.4, 0.5) is 11.4 Å². The molecule has 0 radical (unpaired) electrons. The molecule has 2 heterocycles. The molecular weight excluding hydrogens is 298 g/mol. The van der Waals surface area contributed by atoms with Gasteiger partial charge in [-0.15, -0.1) is 0 Å². The molecule has 1 aromatic heterocycles. The molecule has 1 fully saturated rings. The Morgan fingerprint density at radius 3 is 2.54 bits per heavy atom. The predicted octanol–water partition coefficient (Wildman–Crippen LogP) is 4.57. The van der Waals surface area contributed by atoms with Gasteiger partial charge < -0.3 is 15.6 Å². The van der Waals surface area contributed by atoms with Crippen LogP contribution in [0.3, 0.4) is 0 Å². The zero-order valence-electron chi connectivity index (χ0n) is 14.6. The van der Waals surface area contributed by atoms with Gasteiger partial charge in [-0.3, -0.25) is 4.99 Å². The summed E-state index contributed by atoms with van der Waals surface area (Å²) in [5.41, 5.74) is 3.30. The van der Waals surface area contributed by atoms with Gasteiger partial charge in [0.2, 0.25) is 0 Å². The van der Waals surface area contributed by atoms with Crippen LogP contribution >= 0.6 is 0 Å². The molecule has 1 aromatic carbocycles. The molecule has 5 nitrogen and oxygen atoms in total. The second-order valence-corrected chi connectivity index (χ2v) is 6.18. The molecule has 2 aliphatic rings. The summed E-state index contributed by atoms with van der Waals surface area (Å²) in [5, 5.41) is 7.35. The van der Waals surface area contributed by atoms with Crippen LogP contribution in [0.25, 0.3) is 0 Å². The number of nitrogens with zero attached hydrogens (tertiary/aromatic N) is 2. The number of aromatic nitrogens is 2. The van der Waals surface area contributed by atoms with E-state index in [1.54, 1.807) is 6.33 Å². The van der Waals surface area contributed by atoms with Crippen molar-refractivity contribution in [3.63, 3.8) is 0 Å². The van der Waals surface area contributed by atoms with Crippen LogP contribution in [0, 0.1) is 0 Å². The molecule has 128 valence electrons. The van der Waals surface area contributed by atoms with Gasteiger partial charge in [0.1, 0.15) is 5.84 Å². The summed E-state index contributed by atoms with van der Waals surface area (Å²) in [5.74, 6) is 1.07. The zero-order chi connectivity index (χ0) is 16.8. The highest BCUT2D eigenvalue weighted by atomic mass is 15.2. The van der Waals surface area contributed by atoms with Crippen molar-refractivity contribution in [1.29, 1.82) is 0 Å².